The van der Waals surface area contributed by atoms with Gasteiger partial charge < -0.3 is 20.2 Å². The van der Waals surface area contributed by atoms with Crippen LogP contribution >= 0.6 is 0 Å². The highest BCUT2D eigenvalue weighted by molar-refractivity contribution is 5.99. The van der Waals surface area contributed by atoms with Crippen molar-refractivity contribution < 1.29 is 14.3 Å². The first-order chi connectivity index (χ1) is 8.81. The summed E-state index contributed by atoms with van der Waals surface area (Å²) in [6, 6.07) is 1.63. The fourth-order valence-corrected chi connectivity index (χ4v) is 1.66. The van der Waals surface area contributed by atoms with Crippen molar-refractivity contribution >= 4 is 11.6 Å². The maximum atomic E-state index is 11.9. The Bertz CT molecular complexity index is 407. The number of carbonyl (C=O) groups excluding carboxylic acids is 1. The second-order valence-electron chi connectivity index (χ2n) is 3.84. The third-order valence-electron chi connectivity index (χ3n) is 2.60. The molecule has 0 aromatic carbocycles. The normalized spacial score (nSPS) is 19.3. The van der Waals surface area contributed by atoms with Crippen LogP contribution in [0.2, 0.25) is 0 Å². The molecular weight excluding hydrogens is 236 g/mol. The Morgan fingerprint density at radius 2 is 2.44 bits per heavy atom. The summed E-state index contributed by atoms with van der Waals surface area (Å²) in [5.74, 6) is 5.08. The van der Waals surface area contributed by atoms with Gasteiger partial charge in [0, 0.05) is 18.9 Å². The van der Waals surface area contributed by atoms with Gasteiger partial charge in [-0.15, -0.1) is 0 Å². The second-order valence-corrected chi connectivity index (χ2v) is 3.84. The minimum atomic E-state index is -0.245. The second kappa shape index (κ2) is 6.29. The van der Waals surface area contributed by atoms with Crippen molar-refractivity contribution in [3.05, 3.63) is 24.0 Å². The number of hydrazine groups is 1. The highest BCUT2D eigenvalue weighted by Crippen LogP contribution is 2.11. The van der Waals surface area contributed by atoms with E-state index >= 15 is 0 Å². The average Bonchev–Trinajstić information content (AvgIpc) is 2.45. The molecule has 1 aromatic heterocycles. The Kier molecular flexibility index (Phi) is 4.46. The number of nitrogen functional groups attached to an aromatic ring is 1. The van der Waals surface area contributed by atoms with Crippen LogP contribution in [-0.4, -0.2) is 43.4 Å². The predicted molar refractivity (Wildman–Crippen MR) is 64.9 cm³/mol. The van der Waals surface area contributed by atoms with E-state index in [0.29, 0.717) is 37.6 Å². The Balaban J connectivity index is 1.90. The lowest BCUT2D eigenvalue weighted by atomic mass is 10.2. The van der Waals surface area contributed by atoms with E-state index in [-0.39, 0.29) is 12.0 Å². The lowest BCUT2D eigenvalue weighted by molar-refractivity contribution is -0.0855. The van der Waals surface area contributed by atoms with Crippen LogP contribution in [0.3, 0.4) is 0 Å². The smallest absolute Gasteiger partial charge is 0.255 e. The Morgan fingerprint density at radius 1 is 1.56 bits per heavy atom. The molecule has 7 nitrogen and oxygen atoms in total. The van der Waals surface area contributed by atoms with Gasteiger partial charge in [0.25, 0.3) is 5.91 Å². The standard InChI is InChI=1S/C11H16N4O3/c12-15-10-1-2-13-6-9(10)11(16)14-5-8-7-17-3-4-18-8/h1-2,6,8H,3-5,7,12H2,(H,13,15)(H,14,16). The number of pyridine rings is 1. The van der Waals surface area contributed by atoms with Crippen molar-refractivity contribution in [3.8, 4) is 0 Å². The first kappa shape index (κ1) is 12.7. The van der Waals surface area contributed by atoms with Crippen LogP contribution in [0.1, 0.15) is 10.4 Å². The number of ether oxygens (including phenoxy) is 2. The average molecular weight is 252 g/mol. The number of hydrogen-bond donors (Lipinski definition) is 3. The molecule has 0 spiro atoms. The van der Waals surface area contributed by atoms with Crippen LogP contribution in [-0.2, 0) is 9.47 Å². The molecule has 1 saturated heterocycles. The zero-order valence-electron chi connectivity index (χ0n) is 9.89. The maximum Gasteiger partial charge on any atom is 0.255 e. The monoisotopic (exact) mass is 252 g/mol. The predicted octanol–water partition coefficient (Wildman–Crippen LogP) is -0.488. The molecule has 0 saturated carbocycles. The van der Waals surface area contributed by atoms with E-state index in [1.54, 1.807) is 12.3 Å². The summed E-state index contributed by atoms with van der Waals surface area (Å²) in [5.41, 5.74) is 3.39. The summed E-state index contributed by atoms with van der Waals surface area (Å²) >= 11 is 0. The first-order valence-electron chi connectivity index (χ1n) is 5.69. The quantitative estimate of drug-likeness (QED) is 0.494. The molecule has 4 N–H and O–H groups in total. The van der Waals surface area contributed by atoms with Gasteiger partial charge in [0.05, 0.1) is 37.2 Å². The highest BCUT2D eigenvalue weighted by atomic mass is 16.6. The molecule has 0 bridgehead atoms. The largest absolute Gasteiger partial charge is 0.376 e. The first-order valence-corrected chi connectivity index (χ1v) is 5.69. The molecule has 7 heteroatoms. The van der Waals surface area contributed by atoms with Crippen LogP contribution in [0.4, 0.5) is 5.69 Å². The fraction of sp³-hybridized carbons (Fsp3) is 0.455. The van der Waals surface area contributed by atoms with Gasteiger partial charge >= 0.3 is 0 Å². The van der Waals surface area contributed by atoms with Crippen LogP contribution < -0.4 is 16.6 Å². The molecule has 0 radical (unpaired) electrons. The molecule has 1 aliphatic heterocycles. The van der Waals surface area contributed by atoms with Crippen molar-refractivity contribution in [1.82, 2.24) is 10.3 Å². The third kappa shape index (κ3) is 3.16. The lowest BCUT2D eigenvalue weighted by Crippen LogP contribution is -2.40. The Hall–Kier alpha value is -1.70. The number of nitrogens with two attached hydrogens (primary N) is 1. The van der Waals surface area contributed by atoms with Gasteiger partial charge in [-0.3, -0.25) is 15.6 Å². The summed E-state index contributed by atoms with van der Waals surface area (Å²) in [5, 5.41) is 2.76. The minimum Gasteiger partial charge on any atom is -0.376 e. The van der Waals surface area contributed by atoms with Crippen molar-refractivity contribution in [2.45, 2.75) is 6.10 Å². The minimum absolute atomic E-state index is 0.103. The van der Waals surface area contributed by atoms with Gasteiger partial charge in [0.15, 0.2) is 0 Å². The Labute approximate surface area is 105 Å². The zero-order chi connectivity index (χ0) is 12.8. The zero-order valence-corrected chi connectivity index (χ0v) is 9.89. The molecule has 1 atom stereocenters. The van der Waals surface area contributed by atoms with Crippen molar-refractivity contribution in [2.24, 2.45) is 5.84 Å². The van der Waals surface area contributed by atoms with Crippen molar-refractivity contribution in [1.29, 1.82) is 0 Å². The highest BCUT2D eigenvalue weighted by Gasteiger charge is 2.17. The van der Waals surface area contributed by atoms with Crippen LogP contribution in [0, 0.1) is 0 Å². The van der Waals surface area contributed by atoms with E-state index in [1.165, 1.54) is 6.20 Å². The number of nitrogens with one attached hydrogen (secondary N) is 2. The SMILES string of the molecule is NNc1ccncc1C(=O)NCC1COCCO1. The molecule has 2 rings (SSSR count). The number of rotatable bonds is 4. The van der Waals surface area contributed by atoms with Crippen LogP contribution in [0.25, 0.3) is 0 Å². The molecule has 1 amide bonds. The number of aromatic nitrogens is 1. The van der Waals surface area contributed by atoms with Gasteiger partial charge in [-0.05, 0) is 6.07 Å². The number of hydrogen-bond acceptors (Lipinski definition) is 6. The summed E-state index contributed by atoms with van der Waals surface area (Å²) in [4.78, 5) is 15.8. The van der Waals surface area contributed by atoms with E-state index in [2.05, 4.69) is 15.7 Å². The molecule has 18 heavy (non-hydrogen) atoms. The third-order valence-corrected chi connectivity index (χ3v) is 2.60. The summed E-state index contributed by atoms with van der Waals surface area (Å²) in [6.45, 7) is 2.06. The summed E-state index contributed by atoms with van der Waals surface area (Å²) in [7, 11) is 0. The van der Waals surface area contributed by atoms with Gasteiger partial charge in [-0.2, -0.15) is 0 Å². The molecule has 2 heterocycles. The number of amides is 1. The fourth-order valence-electron chi connectivity index (χ4n) is 1.66. The molecule has 1 aliphatic rings. The van der Waals surface area contributed by atoms with Crippen molar-refractivity contribution in [2.75, 3.05) is 31.8 Å². The number of carbonyl (C=O) groups is 1. The molecule has 1 fully saturated rings. The number of nitrogens with zero attached hydrogens (tertiary/aromatic N) is 1. The van der Waals surface area contributed by atoms with E-state index in [4.69, 9.17) is 15.3 Å². The van der Waals surface area contributed by atoms with E-state index in [1.807, 2.05) is 0 Å². The van der Waals surface area contributed by atoms with E-state index in [0.717, 1.165) is 0 Å². The van der Waals surface area contributed by atoms with Gasteiger partial charge in [-0.1, -0.05) is 0 Å². The maximum absolute atomic E-state index is 11.9. The lowest BCUT2D eigenvalue weighted by Gasteiger charge is -2.23. The topological polar surface area (TPSA) is 98.5 Å². The van der Waals surface area contributed by atoms with Crippen LogP contribution in [0.5, 0.6) is 0 Å². The number of anilines is 1. The summed E-state index contributed by atoms with van der Waals surface area (Å²) in [6.07, 6.45) is 2.92. The molecule has 1 unspecified atom stereocenters. The van der Waals surface area contributed by atoms with Gasteiger partial charge in [-0.25, -0.2) is 0 Å². The van der Waals surface area contributed by atoms with Crippen LogP contribution in [0.15, 0.2) is 18.5 Å². The van der Waals surface area contributed by atoms with E-state index < -0.39 is 0 Å². The van der Waals surface area contributed by atoms with Crippen molar-refractivity contribution in [3.63, 3.8) is 0 Å². The van der Waals surface area contributed by atoms with Gasteiger partial charge in [0.1, 0.15) is 0 Å². The van der Waals surface area contributed by atoms with E-state index in [9.17, 15) is 4.79 Å². The molecule has 0 aliphatic carbocycles. The molecule has 98 valence electrons. The molecule has 1 aromatic rings. The van der Waals surface area contributed by atoms with Gasteiger partial charge in [0.2, 0.25) is 0 Å². The Morgan fingerprint density at radius 3 is 3.17 bits per heavy atom. The molecular formula is C11H16N4O3. The summed E-state index contributed by atoms with van der Waals surface area (Å²) < 4.78 is 10.7.